The Hall–Kier alpha value is -1.58. The zero-order chi connectivity index (χ0) is 38.3. The van der Waals surface area contributed by atoms with Gasteiger partial charge in [0.2, 0.25) is 0 Å². The van der Waals surface area contributed by atoms with Crippen molar-refractivity contribution in [1.29, 1.82) is 0 Å². The maximum Gasteiger partial charge on any atom is 0.310 e. The van der Waals surface area contributed by atoms with Crippen molar-refractivity contribution >= 4 is 11.9 Å². The van der Waals surface area contributed by atoms with E-state index in [2.05, 4.69) is 53.7 Å². The van der Waals surface area contributed by atoms with Gasteiger partial charge in [0, 0.05) is 6.42 Å². The van der Waals surface area contributed by atoms with Gasteiger partial charge in [0.05, 0.1) is 12.3 Å². The van der Waals surface area contributed by atoms with Gasteiger partial charge in [0.15, 0.2) is 0 Å². The molecule has 4 aliphatic rings. The van der Waals surface area contributed by atoms with E-state index in [1.54, 1.807) is 0 Å². The third kappa shape index (κ3) is 12.7. The molecule has 1 N–H and O–H groups in total. The molecule has 53 heavy (non-hydrogen) atoms. The summed E-state index contributed by atoms with van der Waals surface area (Å²) in [5.74, 6) is 3.07. The van der Waals surface area contributed by atoms with E-state index in [0.717, 1.165) is 67.6 Å². The molecule has 4 heteroatoms. The molecular formula is C49H84O4. The number of aliphatic carboxylic acids is 1. The molecule has 0 heterocycles. The third-order valence-electron chi connectivity index (χ3n) is 15.4. The van der Waals surface area contributed by atoms with Crippen molar-refractivity contribution in [2.75, 3.05) is 0 Å². The number of ether oxygens (including phenoxy) is 1. The van der Waals surface area contributed by atoms with Crippen LogP contribution in [0.25, 0.3) is 0 Å². The van der Waals surface area contributed by atoms with E-state index < -0.39 is 11.9 Å². The summed E-state index contributed by atoms with van der Waals surface area (Å²) in [5.41, 5.74) is 2.23. The Morgan fingerprint density at radius 1 is 0.811 bits per heavy atom. The molecule has 9 atom stereocenters. The van der Waals surface area contributed by atoms with Crippen molar-refractivity contribution in [1.82, 2.24) is 0 Å². The summed E-state index contributed by atoms with van der Waals surface area (Å²) in [6, 6.07) is 0. The maximum atomic E-state index is 13.4. The molecule has 0 amide bonds. The second-order valence-electron chi connectivity index (χ2n) is 19.6. The van der Waals surface area contributed by atoms with Gasteiger partial charge in [-0.15, -0.1) is 0 Å². The van der Waals surface area contributed by atoms with Gasteiger partial charge in [0.1, 0.15) is 6.10 Å². The van der Waals surface area contributed by atoms with Crippen molar-refractivity contribution in [3.05, 3.63) is 23.8 Å². The first kappa shape index (κ1) is 44.1. The van der Waals surface area contributed by atoms with Crippen molar-refractivity contribution in [2.45, 2.75) is 221 Å². The first-order valence-corrected chi connectivity index (χ1v) is 23.3. The number of fused-ring (bicyclic) bond motifs is 5. The van der Waals surface area contributed by atoms with Crippen LogP contribution in [0.15, 0.2) is 23.8 Å². The van der Waals surface area contributed by atoms with Crippen LogP contribution in [0.2, 0.25) is 0 Å². The Balaban J connectivity index is 1.18. The van der Waals surface area contributed by atoms with Crippen LogP contribution in [0.4, 0.5) is 0 Å². The van der Waals surface area contributed by atoms with Crippen LogP contribution in [-0.2, 0) is 14.3 Å². The lowest BCUT2D eigenvalue weighted by Gasteiger charge is -2.58. The number of carbonyl (C=O) groups excluding carboxylic acids is 1. The predicted molar refractivity (Wildman–Crippen MR) is 223 cm³/mol. The molecule has 4 aliphatic carbocycles. The average Bonchev–Trinajstić information content (AvgIpc) is 3.48. The summed E-state index contributed by atoms with van der Waals surface area (Å²) in [4.78, 5) is 25.1. The number of unbranched alkanes of at least 4 members (excludes halogenated alkanes) is 13. The van der Waals surface area contributed by atoms with Gasteiger partial charge in [-0.25, -0.2) is 0 Å². The molecular weight excluding hydrogens is 653 g/mol. The van der Waals surface area contributed by atoms with Gasteiger partial charge in [-0.1, -0.05) is 162 Å². The Kier molecular flexibility index (Phi) is 18.5. The number of hydrogen-bond donors (Lipinski definition) is 1. The summed E-state index contributed by atoms with van der Waals surface area (Å²) in [5, 5.41) is 9.62. The van der Waals surface area contributed by atoms with E-state index in [4.69, 9.17) is 4.74 Å². The molecule has 4 nitrogen and oxygen atoms in total. The second-order valence-corrected chi connectivity index (χ2v) is 19.6. The van der Waals surface area contributed by atoms with E-state index in [1.165, 1.54) is 134 Å². The number of carboxylic acid groups (broad SMARTS) is 1. The number of carboxylic acids is 1. The lowest BCUT2D eigenvalue weighted by atomic mass is 9.47. The first-order chi connectivity index (χ1) is 25.5. The van der Waals surface area contributed by atoms with Crippen molar-refractivity contribution in [2.24, 2.45) is 52.3 Å². The van der Waals surface area contributed by atoms with Crippen LogP contribution in [0, 0.1) is 52.3 Å². The van der Waals surface area contributed by atoms with Gasteiger partial charge >= 0.3 is 11.9 Å². The summed E-state index contributed by atoms with van der Waals surface area (Å²) in [7, 11) is 0. The van der Waals surface area contributed by atoms with Crippen LogP contribution in [0.5, 0.6) is 0 Å². The van der Waals surface area contributed by atoms with E-state index in [9.17, 15) is 14.7 Å². The van der Waals surface area contributed by atoms with Crippen molar-refractivity contribution in [3.8, 4) is 0 Å². The summed E-state index contributed by atoms with van der Waals surface area (Å²) >= 11 is 0. The Morgan fingerprint density at radius 3 is 2.11 bits per heavy atom. The molecule has 0 radical (unpaired) electrons. The molecule has 3 saturated carbocycles. The van der Waals surface area contributed by atoms with Gasteiger partial charge in [-0.05, 0) is 111 Å². The van der Waals surface area contributed by atoms with Crippen LogP contribution in [-0.4, -0.2) is 23.1 Å². The molecule has 0 bridgehead atoms. The Bertz CT molecular complexity index is 1150. The molecule has 3 fully saturated rings. The molecule has 4 rings (SSSR count). The van der Waals surface area contributed by atoms with Crippen LogP contribution < -0.4 is 0 Å². The van der Waals surface area contributed by atoms with Crippen LogP contribution >= 0.6 is 0 Å². The van der Waals surface area contributed by atoms with Gasteiger partial charge in [0.25, 0.3) is 0 Å². The molecule has 0 aromatic carbocycles. The summed E-state index contributed by atoms with van der Waals surface area (Å²) < 4.78 is 6.16. The highest BCUT2D eigenvalue weighted by Gasteiger charge is 2.59. The third-order valence-corrected chi connectivity index (χ3v) is 15.4. The number of carbonyl (C=O) groups is 2. The quantitative estimate of drug-likeness (QED) is 0.0576. The fourth-order valence-electron chi connectivity index (χ4n) is 12.1. The maximum absolute atomic E-state index is 13.4. The van der Waals surface area contributed by atoms with Gasteiger partial charge < -0.3 is 9.84 Å². The number of rotatable bonds is 25. The minimum Gasteiger partial charge on any atom is -0.481 e. The monoisotopic (exact) mass is 737 g/mol. The molecule has 0 saturated heterocycles. The van der Waals surface area contributed by atoms with E-state index >= 15 is 0 Å². The molecule has 0 aromatic heterocycles. The molecule has 0 spiro atoms. The lowest BCUT2D eigenvalue weighted by Crippen LogP contribution is -2.51. The normalized spacial score (nSPS) is 30.8. The SMILES string of the molecule is CCCCCCCCCCCCCCC/C=C/CC(CC(=O)O)C(=O)O[C@H]1CC[C@@]2(C)C(=CC[C@H]3[C@@H]4CC[C@H]([C@H](C)CCCC(C)C)[C@@]4(C)CC[C@@H]32)C1. The largest absolute Gasteiger partial charge is 0.481 e. The number of allylic oxidation sites excluding steroid dienone is 3. The fraction of sp³-hybridized carbons (Fsp3) is 0.878. The smallest absolute Gasteiger partial charge is 0.310 e. The van der Waals surface area contributed by atoms with E-state index in [1.807, 2.05) is 6.08 Å². The summed E-state index contributed by atoms with van der Waals surface area (Å²) in [6.07, 6.45) is 39.2. The first-order valence-electron chi connectivity index (χ1n) is 23.3. The van der Waals surface area contributed by atoms with Crippen molar-refractivity contribution < 1.29 is 19.4 Å². The Morgan fingerprint density at radius 2 is 1.47 bits per heavy atom. The highest BCUT2D eigenvalue weighted by Crippen LogP contribution is 2.67. The van der Waals surface area contributed by atoms with Gasteiger partial charge in [-0.3, -0.25) is 9.59 Å². The topological polar surface area (TPSA) is 63.6 Å². The second kappa shape index (κ2) is 22.2. The molecule has 1 unspecified atom stereocenters. The van der Waals surface area contributed by atoms with E-state index in [0.29, 0.717) is 11.8 Å². The zero-order valence-corrected chi connectivity index (χ0v) is 35.6. The van der Waals surface area contributed by atoms with Gasteiger partial charge in [-0.2, -0.15) is 0 Å². The highest BCUT2D eigenvalue weighted by atomic mass is 16.5. The van der Waals surface area contributed by atoms with Crippen LogP contribution in [0.1, 0.15) is 215 Å². The fourth-order valence-corrected chi connectivity index (χ4v) is 12.1. The summed E-state index contributed by atoms with van der Waals surface area (Å²) in [6.45, 7) is 14.8. The van der Waals surface area contributed by atoms with E-state index in [-0.39, 0.29) is 23.9 Å². The van der Waals surface area contributed by atoms with Crippen molar-refractivity contribution in [3.63, 3.8) is 0 Å². The Labute approximate surface area is 327 Å². The minimum absolute atomic E-state index is 0.124. The minimum atomic E-state index is -0.919. The molecule has 0 aromatic rings. The number of hydrogen-bond acceptors (Lipinski definition) is 3. The number of esters is 1. The standard InChI is InChI=1S/C49H84O4/c1-7-8-9-10-11-12-13-14-15-16-17-18-19-20-21-22-26-39(35-46(50)51)47(52)53-41-31-33-48(5)40(36-41)27-28-42-44-30-29-43(38(4)25-23-24-37(2)3)49(44,6)34-32-45(42)48/h21-22,27,37-39,41-45H,7-20,23-26,28-36H2,1-6H3,(H,50,51)/b22-21+/t38-,39?,41+,42+,43-,44+,45+,48+,49-/m1/s1. The molecule has 0 aliphatic heterocycles. The van der Waals surface area contributed by atoms with Crippen LogP contribution in [0.3, 0.4) is 0 Å². The highest BCUT2D eigenvalue weighted by molar-refractivity contribution is 5.79. The lowest BCUT2D eigenvalue weighted by molar-refractivity contribution is -0.159. The zero-order valence-electron chi connectivity index (χ0n) is 35.6. The molecule has 304 valence electrons. The predicted octanol–water partition coefficient (Wildman–Crippen LogP) is 14.5. The average molecular weight is 737 g/mol.